The first-order valence-electron chi connectivity index (χ1n) is 6.76. The van der Waals surface area contributed by atoms with E-state index in [1.54, 1.807) is 12.1 Å². The molecule has 0 aliphatic heterocycles. The fourth-order valence-corrected chi connectivity index (χ4v) is 3.69. The van der Waals surface area contributed by atoms with E-state index in [2.05, 4.69) is 24.3 Å². The Kier molecular flexibility index (Phi) is 6.36. The van der Waals surface area contributed by atoms with Crippen molar-refractivity contribution in [1.82, 2.24) is 0 Å². The van der Waals surface area contributed by atoms with E-state index in [0.29, 0.717) is 27.1 Å². The summed E-state index contributed by atoms with van der Waals surface area (Å²) in [5, 5.41) is 1.19. The number of rotatable bonds is 7. The Balaban J connectivity index is 1.57. The van der Waals surface area contributed by atoms with E-state index >= 15 is 0 Å². The fraction of sp³-hybridized carbons (Fsp3) is 0.235. The van der Waals surface area contributed by atoms with Gasteiger partial charge in [-0.2, -0.15) is 0 Å². The summed E-state index contributed by atoms with van der Waals surface area (Å²) < 4.78 is 6.68. The number of benzene rings is 2. The number of ether oxygens (including phenoxy) is 1. The zero-order chi connectivity index (χ0) is 14.0. The molecule has 2 nitrogen and oxygen atoms in total. The average molecular weight is 333 g/mol. The van der Waals surface area contributed by atoms with E-state index < -0.39 is 0 Å². The predicted octanol–water partition coefficient (Wildman–Crippen LogP) is 3.07. The summed E-state index contributed by atoms with van der Waals surface area (Å²) in [6, 6.07) is 19.7. The van der Waals surface area contributed by atoms with E-state index in [1.165, 1.54) is 9.78 Å². The molecule has 104 valence electrons. The van der Waals surface area contributed by atoms with Gasteiger partial charge in [0.15, 0.2) is 0 Å². The monoisotopic (exact) mass is 334 g/mol. The Morgan fingerprint density at radius 2 is 1.55 bits per heavy atom. The van der Waals surface area contributed by atoms with Crippen molar-refractivity contribution in [3.63, 3.8) is 0 Å². The van der Waals surface area contributed by atoms with Gasteiger partial charge in [-0.3, -0.25) is 0 Å². The van der Waals surface area contributed by atoms with E-state index in [0.717, 1.165) is 12.8 Å². The van der Waals surface area contributed by atoms with Crippen molar-refractivity contribution in [3.05, 3.63) is 66.2 Å². The van der Waals surface area contributed by atoms with Crippen LogP contribution in [-0.4, -0.2) is 27.5 Å². The first-order valence-corrected chi connectivity index (χ1v) is 8.83. The van der Waals surface area contributed by atoms with Crippen LogP contribution in [0.2, 0.25) is 5.32 Å². The third-order valence-corrected chi connectivity index (χ3v) is 5.10. The predicted molar refractivity (Wildman–Crippen MR) is 82.6 cm³/mol. The maximum absolute atomic E-state index is 11.7. The molecule has 2 rings (SSSR count). The molecule has 0 aliphatic rings. The topological polar surface area (TPSA) is 26.3 Å². The Labute approximate surface area is 126 Å². The van der Waals surface area contributed by atoms with Crippen molar-refractivity contribution in [1.29, 1.82) is 0 Å². The van der Waals surface area contributed by atoms with Gasteiger partial charge in [-0.15, -0.1) is 0 Å². The Hall–Kier alpha value is -1.57. The van der Waals surface area contributed by atoms with Crippen molar-refractivity contribution >= 4 is 25.4 Å². The van der Waals surface area contributed by atoms with Gasteiger partial charge in [0.05, 0.1) is 0 Å². The molecule has 0 saturated heterocycles. The molecule has 0 fully saturated rings. The molecule has 0 amide bonds. The molecule has 0 aromatic heterocycles. The second-order valence-electron chi connectivity index (χ2n) is 4.37. The van der Waals surface area contributed by atoms with Crippen molar-refractivity contribution in [2.24, 2.45) is 0 Å². The van der Waals surface area contributed by atoms with E-state index in [4.69, 9.17) is 4.74 Å². The molecule has 2 aromatic rings. The van der Waals surface area contributed by atoms with Gasteiger partial charge >= 0.3 is 126 Å². The second kappa shape index (κ2) is 8.57. The zero-order valence-corrected chi connectivity index (χ0v) is 13.0. The van der Waals surface area contributed by atoms with E-state index in [1.807, 2.05) is 24.3 Å². The Bertz CT molecular complexity index is 511. The zero-order valence-electron chi connectivity index (χ0n) is 11.3. The molecule has 0 unspecified atom stereocenters. The maximum atomic E-state index is 11.7. The van der Waals surface area contributed by atoms with Crippen LogP contribution in [0.25, 0.3) is 0 Å². The summed E-state index contributed by atoms with van der Waals surface area (Å²) in [7, 11) is 0. The first-order chi connectivity index (χ1) is 9.86. The number of unbranched alkanes of at least 4 members (excludes halogenated alkanes) is 1. The SMILES string of the molecule is O=C(OCCCC[Se]c1ccccc1)c1ccccc1. The molecular weight excluding hydrogens is 315 g/mol. The van der Waals surface area contributed by atoms with Crippen molar-refractivity contribution in [3.8, 4) is 0 Å². The molecule has 0 atom stereocenters. The van der Waals surface area contributed by atoms with Crippen LogP contribution in [0.3, 0.4) is 0 Å². The normalized spacial score (nSPS) is 10.2. The summed E-state index contributed by atoms with van der Waals surface area (Å²) >= 11 is 0.532. The van der Waals surface area contributed by atoms with Crippen LogP contribution in [0.5, 0.6) is 0 Å². The minimum absolute atomic E-state index is 0.223. The molecule has 0 aliphatic carbocycles. The first kappa shape index (κ1) is 14.8. The quantitative estimate of drug-likeness (QED) is 0.442. The van der Waals surface area contributed by atoms with Gasteiger partial charge in [0, 0.05) is 0 Å². The Morgan fingerprint density at radius 3 is 2.25 bits per heavy atom. The molecule has 0 radical (unpaired) electrons. The third-order valence-electron chi connectivity index (χ3n) is 2.79. The van der Waals surface area contributed by atoms with Crippen LogP contribution >= 0.6 is 0 Å². The van der Waals surface area contributed by atoms with Crippen molar-refractivity contribution < 1.29 is 9.53 Å². The molecule has 0 spiro atoms. The number of hydrogen-bond donors (Lipinski definition) is 0. The molecule has 20 heavy (non-hydrogen) atoms. The van der Waals surface area contributed by atoms with Gasteiger partial charge in [0.1, 0.15) is 0 Å². The molecule has 3 heteroatoms. The molecule has 0 heterocycles. The van der Waals surface area contributed by atoms with Crippen LogP contribution in [0.4, 0.5) is 0 Å². The van der Waals surface area contributed by atoms with Crippen LogP contribution in [-0.2, 0) is 4.74 Å². The summed E-state index contributed by atoms with van der Waals surface area (Å²) in [5.74, 6) is -0.223. The molecule has 0 bridgehead atoms. The summed E-state index contributed by atoms with van der Waals surface area (Å²) in [6.07, 6.45) is 2.05. The second-order valence-corrected chi connectivity index (χ2v) is 6.82. The fourth-order valence-electron chi connectivity index (χ4n) is 1.73. The Morgan fingerprint density at radius 1 is 0.900 bits per heavy atom. The molecule has 2 aromatic carbocycles. The molecule has 0 saturated carbocycles. The van der Waals surface area contributed by atoms with E-state index in [-0.39, 0.29) is 5.97 Å². The number of carbonyl (C=O) groups is 1. The van der Waals surface area contributed by atoms with Crippen LogP contribution in [0, 0.1) is 0 Å². The van der Waals surface area contributed by atoms with E-state index in [9.17, 15) is 4.79 Å². The van der Waals surface area contributed by atoms with Crippen molar-refractivity contribution in [2.75, 3.05) is 6.61 Å². The van der Waals surface area contributed by atoms with Crippen molar-refractivity contribution in [2.45, 2.75) is 18.2 Å². The summed E-state index contributed by atoms with van der Waals surface area (Å²) in [5.41, 5.74) is 0.626. The number of esters is 1. The number of carbonyl (C=O) groups excluding carboxylic acids is 1. The minimum atomic E-state index is -0.223. The van der Waals surface area contributed by atoms with Gasteiger partial charge in [0.2, 0.25) is 0 Å². The standard InChI is InChI=1S/C17H18O2Se/c18-17(15-9-3-1-4-10-15)19-13-7-8-14-20-16-11-5-2-6-12-16/h1-6,9-12H,7-8,13-14H2. The van der Waals surface area contributed by atoms with Gasteiger partial charge in [-0.05, 0) is 0 Å². The van der Waals surface area contributed by atoms with Gasteiger partial charge in [-0.25, -0.2) is 0 Å². The van der Waals surface area contributed by atoms with Gasteiger partial charge in [-0.1, -0.05) is 0 Å². The molecule has 0 N–H and O–H groups in total. The number of hydrogen-bond acceptors (Lipinski definition) is 2. The van der Waals surface area contributed by atoms with Crippen LogP contribution < -0.4 is 4.46 Å². The van der Waals surface area contributed by atoms with Crippen LogP contribution in [0.1, 0.15) is 23.2 Å². The van der Waals surface area contributed by atoms with Gasteiger partial charge in [0.25, 0.3) is 0 Å². The third kappa shape index (κ3) is 5.20. The summed E-state index contributed by atoms with van der Waals surface area (Å²) in [6.45, 7) is 0.512. The van der Waals surface area contributed by atoms with Crippen LogP contribution in [0.15, 0.2) is 60.7 Å². The molecular formula is C17H18O2Se. The average Bonchev–Trinajstić information content (AvgIpc) is 2.52. The summed E-state index contributed by atoms with van der Waals surface area (Å²) in [4.78, 5) is 11.7. The van der Waals surface area contributed by atoms with Gasteiger partial charge < -0.3 is 0 Å².